The third-order valence-electron chi connectivity index (χ3n) is 6.55. The van der Waals surface area contributed by atoms with Crippen molar-refractivity contribution in [2.45, 2.75) is 50.0 Å². The summed E-state index contributed by atoms with van der Waals surface area (Å²) in [6.45, 7) is 4.24. The summed E-state index contributed by atoms with van der Waals surface area (Å²) in [6.07, 6.45) is 4.68. The first kappa shape index (κ1) is 23.4. The van der Waals surface area contributed by atoms with Crippen molar-refractivity contribution in [2.75, 3.05) is 31.1 Å². The largest absolute Gasteiger partial charge is 0.376 e. The summed E-state index contributed by atoms with van der Waals surface area (Å²) in [5, 5.41) is 0.634. The number of fused-ring (bicyclic) bond motifs is 1. The lowest BCUT2D eigenvalue weighted by molar-refractivity contribution is 0.0917. The van der Waals surface area contributed by atoms with E-state index in [0.717, 1.165) is 47.9 Å². The van der Waals surface area contributed by atoms with Gasteiger partial charge in [0.05, 0.1) is 27.8 Å². The molecule has 3 heterocycles. The molecule has 34 heavy (non-hydrogen) atoms. The number of carbonyl (C=O) groups excluding carboxylic acids is 1. The van der Waals surface area contributed by atoms with E-state index in [1.165, 1.54) is 11.3 Å². The Bertz CT molecular complexity index is 1280. The average molecular weight is 500 g/mol. The highest BCUT2D eigenvalue weighted by atomic mass is 32.2. The maximum absolute atomic E-state index is 13.6. The molecule has 1 amide bonds. The highest BCUT2D eigenvalue weighted by molar-refractivity contribution is 7.89. The van der Waals surface area contributed by atoms with Crippen molar-refractivity contribution in [3.05, 3.63) is 53.6 Å². The number of thiazole rings is 1. The first-order valence-corrected chi connectivity index (χ1v) is 14.1. The number of rotatable bonds is 6. The lowest BCUT2D eigenvalue weighted by atomic mass is 10.2. The summed E-state index contributed by atoms with van der Waals surface area (Å²) in [5.74, 6) is -0.200. The van der Waals surface area contributed by atoms with Gasteiger partial charge < -0.3 is 4.74 Å². The van der Waals surface area contributed by atoms with Gasteiger partial charge in [-0.15, -0.1) is 0 Å². The predicted molar refractivity (Wildman–Crippen MR) is 134 cm³/mol. The van der Waals surface area contributed by atoms with Crippen molar-refractivity contribution in [3.8, 4) is 0 Å². The van der Waals surface area contributed by atoms with Gasteiger partial charge in [0, 0.05) is 25.3 Å². The summed E-state index contributed by atoms with van der Waals surface area (Å²) >= 11 is 1.49. The minimum absolute atomic E-state index is 0.0317. The van der Waals surface area contributed by atoms with Crippen molar-refractivity contribution < 1.29 is 17.9 Å². The van der Waals surface area contributed by atoms with Crippen LogP contribution in [0.25, 0.3) is 10.2 Å². The molecule has 0 saturated carbocycles. The number of sulfonamides is 1. The van der Waals surface area contributed by atoms with E-state index in [0.29, 0.717) is 36.9 Å². The number of aryl methyl sites for hydroxylation is 1. The Kier molecular flexibility index (Phi) is 6.70. The average Bonchev–Trinajstić information content (AvgIpc) is 3.53. The Hall–Kier alpha value is -2.33. The highest BCUT2D eigenvalue weighted by Crippen LogP contribution is 2.32. The minimum Gasteiger partial charge on any atom is -0.376 e. The normalized spacial score (nSPS) is 19.5. The Labute approximate surface area is 204 Å². The van der Waals surface area contributed by atoms with Gasteiger partial charge >= 0.3 is 0 Å². The third kappa shape index (κ3) is 4.62. The smallest absolute Gasteiger partial charge is 0.260 e. The van der Waals surface area contributed by atoms with Crippen LogP contribution in [-0.4, -0.2) is 56.0 Å². The third-order valence-corrected chi connectivity index (χ3v) is 9.51. The highest BCUT2D eigenvalue weighted by Gasteiger charge is 2.29. The van der Waals surface area contributed by atoms with Crippen LogP contribution in [0.2, 0.25) is 0 Å². The predicted octanol–water partition coefficient (Wildman–Crippen LogP) is 4.61. The standard InChI is InChI=1S/C25H29N3O4S2/c1-18-7-5-9-22-23(18)26-25(33-22)28(17-20-8-6-16-32-20)24(29)19-10-12-21(13-11-19)34(30,31)27-14-3-2-4-15-27/h5,7,9-13,20H,2-4,6,8,14-17H2,1H3. The van der Waals surface area contributed by atoms with Crippen LogP contribution < -0.4 is 4.90 Å². The molecule has 0 N–H and O–H groups in total. The van der Waals surface area contributed by atoms with Crippen molar-refractivity contribution >= 4 is 42.6 Å². The molecule has 2 aliphatic rings. The molecule has 9 heteroatoms. The monoisotopic (exact) mass is 499 g/mol. The second kappa shape index (κ2) is 9.73. The van der Waals surface area contributed by atoms with E-state index in [9.17, 15) is 13.2 Å². The van der Waals surface area contributed by atoms with Crippen LogP contribution in [0.1, 0.15) is 48.0 Å². The molecule has 180 valence electrons. The van der Waals surface area contributed by atoms with Gasteiger partial charge in [0.15, 0.2) is 5.13 Å². The number of piperidine rings is 1. The number of hydrogen-bond acceptors (Lipinski definition) is 6. The van der Waals surface area contributed by atoms with Gasteiger partial charge in [-0.1, -0.05) is 29.9 Å². The molecular formula is C25H29N3O4S2. The fraction of sp³-hybridized carbons (Fsp3) is 0.440. The molecule has 2 aromatic carbocycles. The lowest BCUT2D eigenvalue weighted by Gasteiger charge is -2.26. The van der Waals surface area contributed by atoms with Crippen LogP contribution in [-0.2, 0) is 14.8 Å². The van der Waals surface area contributed by atoms with E-state index >= 15 is 0 Å². The molecule has 0 aliphatic carbocycles. The lowest BCUT2D eigenvalue weighted by Crippen LogP contribution is -2.37. The molecular weight excluding hydrogens is 470 g/mol. The summed E-state index contributed by atoms with van der Waals surface area (Å²) in [5.41, 5.74) is 2.40. The Morgan fingerprint density at radius 3 is 2.56 bits per heavy atom. The Balaban J connectivity index is 1.44. The molecule has 2 aliphatic heterocycles. The Morgan fingerprint density at radius 2 is 1.88 bits per heavy atom. The van der Waals surface area contributed by atoms with Crippen LogP contribution in [0, 0.1) is 6.92 Å². The zero-order valence-corrected chi connectivity index (χ0v) is 20.9. The molecule has 2 saturated heterocycles. The first-order chi connectivity index (χ1) is 16.4. The maximum Gasteiger partial charge on any atom is 0.260 e. The summed E-state index contributed by atoms with van der Waals surface area (Å²) in [6, 6.07) is 12.3. The van der Waals surface area contributed by atoms with Gasteiger partial charge in [-0.3, -0.25) is 9.69 Å². The van der Waals surface area contributed by atoms with Crippen molar-refractivity contribution in [1.82, 2.24) is 9.29 Å². The maximum atomic E-state index is 13.6. The summed E-state index contributed by atoms with van der Waals surface area (Å²) in [7, 11) is -3.54. The number of carbonyl (C=O) groups is 1. The fourth-order valence-corrected chi connectivity index (χ4v) is 7.18. The van der Waals surface area contributed by atoms with Crippen LogP contribution in [0.5, 0.6) is 0 Å². The number of nitrogens with zero attached hydrogens (tertiary/aromatic N) is 3. The van der Waals surface area contributed by atoms with Gasteiger partial charge in [0.1, 0.15) is 0 Å². The number of para-hydroxylation sites is 1. The quantitative estimate of drug-likeness (QED) is 0.495. The van der Waals surface area contributed by atoms with E-state index in [4.69, 9.17) is 9.72 Å². The fourth-order valence-electron chi connectivity index (χ4n) is 4.61. The molecule has 1 unspecified atom stereocenters. The zero-order valence-electron chi connectivity index (χ0n) is 19.3. The zero-order chi connectivity index (χ0) is 23.7. The number of aromatic nitrogens is 1. The second-order valence-corrected chi connectivity index (χ2v) is 11.9. The van der Waals surface area contributed by atoms with E-state index in [1.54, 1.807) is 33.5 Å². The second-order valence-electron chi connectivity index (χ2n) is 8.96. The molecule has 7 nitrogen and oxygen atoms in total. The van der Waals surface area contributed by atoms with Gasteiger partial charge in [-0.25, -0.2) is 13.4 Å². The minimum atomic E-state index is -3.54. The van der Waals surface area contributed by atoms with E-state index in [-0.39, 0.29) is 16.9 Å². The molecule has 2 fully saturated rings. The number of benzene rings is 2. The van der Waals surface area contributed by atoms with E-state index in [2.05, 4.69) is 0 Å². The molecule has 3 aromatic rings. The van der Waals surface area contributed by atoms with E-state index < -0.39 is 10.0 Å². The molecule has 0 spiro atoms. The van der Waals surface area contributed by atoms with Crippen molar-refractivity contribution in [1.29, 1.82) is 0 Å². The van der Waals surface area contributed by atoms with Crippen LogP contribution in [0.3, 0.4) is 0 Å². The SMILES string of the molecule is Cc1cccc2sc(N(CC3CCCO3)C(=O)c3ccc(S(=O)(=O)N4CCCCC4)cc3)nc12. The molecule has 0 bridgehead atoms. The summed E-state index contributed by atoms with van der Waals surface area (Å²) < 4.78 is 34.4. The molecule has 0 radical (unpaired) electrons. The molecule has 1 aromatic heterocycles. The van der Waals surface area contributed by atoms with Crippen LogP contribution in [0.4, 0.5) is 5.13 Å². The van der Waals surface area contributed by atoms with Gasteiger partial charge in [0.25, 0.3) is 5.91 Å². The van der Waals surface area contributed by atoms with Crippen molar-refractivity contribution in [3.63, 3.8) is 0 Å². The number of amides is 1. The summed E-state index contributed by atoms with van der Waals surface area (Å²) in [4.78, 5) is 20.3. The molecule has 1 atom stereocenters. The first-order valence-electron chi connectivity index (χ1n) is 11.8. The van der Waals surface area contributed by atoms with Gasteiger partial charge in [-0.05, 0) is 68.5 Å². The van der Waals surface area contributed by atoms with Gasteiger partial charge in [-0.2, -0.15) is 4.31 Å². The van der Waals surface area contributed by atoms with Crippen LogP contribution in [0.15, 0.2) is 47.4 Å². The number of anilines is 1. The Morgan fingerprint density at radius 1 is 1.12 bits per heavy atom. The van der Waals surface area contributed by atoms with Crippen molar-refractivity contribution in [2.24, 2.45) is 0 Å². The van der Waals surface area contributed by atoms with Gasteiger partial charge in [0.2, 0.25) is 10.0 Å². The topological polar surface area (TPSA) is 79.8 Å². The number of ether oxygens (including phenoxy) is 1. The van der Waals surface area contributed by atoms with E-state index in [1.807, 2.05) is 25.1 Å². The number of hydrogen-bond donors (Lipinski definition) is 0. The molecule has 5 rings (SSSR count). The van der Waals surface area contributed by atoms with Crippen LogP contribution >= 0.6 is 11.3 Å².